The van der Waals surface area contributed by atoms with Gasteiger partial charge >= 0.3 is 0 Å². The standard InChI is InChI=1S/C21H25N3OS2/c1-14-6-7-15(2)19-18(14)22-21(27-19)24(13-12-23(3)4)20(25)16-8-10-17(26-5)11-9-16/h6-11H,12-13H2,1-5H3. The van der Waals surface area contributed by atoms with Crippen molar-refractivity contribution in [3.8, 4) is 0 Å². The van der Waals surface area contributed by atoms with E-state index < -0.39 is 0 Å². The fourth-order valence-electron chi connectivity index (χ4n) is 2.84. The fourth-order valence-corrected chi connectivity index (χ4v) is 4.38. The van der Waals surface area contributed by atoms with Gasteiger partial charge in [0.15, 0.2) is 5.13 Å². The molecule has 0 aliphatic rings. The van der Waals surface area contributed by atoms with Gasteiger partial charge in [-0.3, -0.25) is 9.69 Å². The first-order valence-electron chi connectivity index (χ1n) is 8.88. The summed E-state index contributed by atoms with van der Waals surface area (Å²) in [5, 5.41) is 0.767. The highest BCUT2D eigenvalue weighted by molar-refractivity contribution is 7.98. The number of nitrogens with zero attached hydrogens (tertiary/aromatic N) is 3. The summed E-state index contributed by atoms with van der Waals surface area (Å²) in [4.78, 5) is 23.2. The zero-order chi connectivity index (χ0) is 19.6. The van der Waals surface area contributed by atoms with Gasteiger partial charge in [0.25, 0.3) is 5.91 Å². The Bertz CT molecular complexity index is 909. The molecule has 0 aliphatic heterocycles. The summed E-state index contributed by atoms with van der Waals surface area (Å²) < 4.78 is 1.16. The van der Waals surface area contributed by atoms with Crippen molar-refractivity contribution >= 4 is 44.4 Å². The molecule has 0 atom stereocenters. The minimum Gasteiger partial charge on any atom is -0.308 e. The molecule has 1 amide bonds. The van der Waals surface area contributed by atoms with Crippen molar-refractivity contribution in [2.45, 2.75) is 18.7 Å². The molecule has 142 valence electrons. The third-order valence-corrected chi connectivity index (χ3v) is 6.47. The molecule has 0 radical (unpaired) electrons. The molecule has 0 bridgehead atoms. The SMILES string of the molecule is CSc1ccc(C(=O)N(CCN(C)C)c2nc3c(C)ccc(C)c3s2)cc1. The third kappa shape index (κ3) is 4.34. The number of likely N-dealkylation sites (N-methyl/N-ethyl adjacent to an activating group) is 1. The molecule has 1 heterocycles. The molecule has 4 nitrogen and oxygen atoms in total. The Morgan fingerprint density at radius 2 is 1.70 bits per heavy atom. The first kappa shape index (κ1) is 19.9. The van der Waals surface area contributed by atoms with Crippen molar-refractivity contribution in [2.75, 3.05) is 38.3 Å². The van der Waals surface area contributed by atoms with Crippen molar-refractivity contribution in [3.63, 3.8) is 0 Å². The molecular weight excluding hydrogens is 374 g/mol. The number of anilines is 1. The third-order valence-electron chi connectivity index (χ3n) is 4.51. The Hall–Kier alpha value is -1.89. The number of hydrogen-bond acceptors (Lipinski definition) is 5. The maximum Gasteiger partial charge on any atom is 0.260 e. The normalized spacial score (nSPS) is 11.3. The molecule has 2 aromatic carbocycles. The topological polar surface area (TPSA) is 36.4 Å². The predicted octanol–water partition coefficient (Wildman–Crippen LogP) is 4.84. The second-order valence-electron chi connectivity index (χ2n) is 6.86. The van der Waals surface area contributed by atoms with Gasteiger partial charge in [0.2, 0.25) is 0 Å². The number of thioether (sulfide) groups is 1. The van der Waals surface area contributed by atoms with Crippen LogP contribution in [0.15, 0.2) is 41.3 Å². The fraction of sp³-hybridized carbons (Fsp3) is 0.333. The number of hydrogen-bond donors (Lipinski definition) is 0. The maximum atomic E-state index is 13.3. The van der Waals surface area contributed by atoms with Crippen molar-refractivity contribution < 1.29 is 4.79 Å². The number of aromatic nitrogens is 1. The van der Waals surface area contributed by atoms with Crippen molar-refractivity contribution in [2.24, 2.45) is 0 Å². The van der Waals surface area contributed by atoms with E-state index in [2.05, 4.69) is 30.9 Å². The largest absolute Gasteiger partial charge is 0.308 e. The maximum absolute atomic E-state index is 13.3. The summed E-state index contributed by atoms with van der Waals surface area (Å²) in [7, 11) is 4.03. The minimum absolute atomic E-state index is 0.00105. The number of thiazole rings is 1. The summed E-state index contributed by atoms with van der Waals surface area (Å²) in [6.07, 6.45) is 2.03. The second-order valence-corrected chi connectivity index (χ2v) is 8.72. The first-order chi connectivity index (χ1) is 12.9. The van der Waals surface area contributed by atoms with E-state index in [0.717, 1.165) is 32.4 Å². The quantitative estimate of drug-likeness (QED) is 0.556. The highest BCUT2D eigenvalue weighted by atomic mass is 32.2. The number of rotatable bonds is 6. The van der Waals surface area contributed by atoms with Crippen LogP contribution in [0.2, 0.25) is 0 Å². The lowest BCUT2D eigenvalue weighted by atomic mass is 10.1. The highest BCUT2D eigenvalue weighted by Gasteiger charge is 2.22. The molecule has 0 aliphatic carbocycles. The summed E-state index contributed by atoms with van der Waals surface area (Å²) in [6, 6.07) is 12.0. The molecule has 1 aromatic heterocycles. The lowest BCUT2D eigenvalue weighted by molar-refractivity contribution is 0.0985. The van der Waals surface area contributed by atoms with Gasteiger partial charge in [0.1, 0.15) is 0 Å². The lowest BCUT2D eigenvalue weighted by Gasteiger charge is -2.22. The minimum atomic E-state index is -0.00105. The molecule has 6 heteroatoms. The predicted molar refractivity (Wildman–Crippen MR) is 118 cm³/mol. The lowest BCUT2D eigenvalue weighted by Crippen LogP contribution is -2.36. The van der Waals surface area contributed by atoms with Gasteiger partial charge in [0, 0.05) is 23.5 Å². The molecular formula is C21H25N3OS2. The number of carbonyl (C=O) groups excluding carboxylic acids is 1. The Labute approximate surface area is 169 Å². The van der Waals surface area contributed by atoms with Gasteiger partial charge in [-0.1, -0.05) is 23.5 Å². The van der Waals surface area contributed by atoms with Crippen molar-refractivity contribution in [1.82, 2.24) is 9.88 Å². The van der Waals surface area contributed by atoms with E-state index in [1.54, 1.807) is 23.1 Å². The van der Waals surface area contributed by atoms with Gasteiger partial charge in [-0.15, -0.1) is 11.8 Å². The van der Waals surface area contributed by atoms with Crippen LogP contribution in [0.25, 0.3) is 10.2 Å². The first-order valence-corrected chi connectivity index (χ1v) is 10.9. The number of fused-ring (bicyclic) bond motifs is 1. The summed E-state index contributed by atoms with van der Waals surface area (Å²) in [5.74, 6) is -0.00105. The highest BCUT2D eigenvalue weighted by Crippen LogP contribution is 2.33. The average Bonchev–Trinajstić information content (AvgIpc) is 3.11. The van der Waals surface area contributed by atoms with E-state index in [9.17, 15) is 4.79 Å². The van der Waals surface area contributed by atoms with Crippen LogP contribution in [-0.2, 0) is 0 Å². The summed E-state index contributed by atoms with van der Waals surface area (Å²) in [6.45, 7) is 5.55. The Balaban J connectivity index is 2.01. The molecule has 3 aromatic rings. The van der Waals surface area contributed by atoms with Gasteiger partial charge in [-0.05, 0) is 69.6 Å². The van der Waals surface area contributed by atoms with Gasteiger partial charge in [-0.25, -0.2) is 4.98 Å². The van der Waals surface area contributed by atoms with E-state index in [1.807, 2.05) is 49.5 Å². The van der Waals surface area contributed by atoms with E-state index in [1.165, 1.54) is 5.56 Å². The van der Waals surface area contributed by atoms with Gasteiger partial charge in [0.05, 0.1) is 10.2 Å². The Morgan fingerprint density at radius 3 is 2.30 bits per heavy atom. The van der Waals surface area contributed by atoms with Crippen molar-refractivity contribution in [1.29, 1.82) is 0 Å². The summed E-state index contributed by atoms with van der Waals surface area (Å²) >= 11 is 3.27. The van der Waals surface area contributed by atoms with Crippen LogP contribution in [0.1, 0.15) is 21.5 Å². The van der Waals surface area contributed by atoms with E-state index in [4.69, 9.17) is 4.98 Å². The second kappa shape index (κ2) is 8.42. The molecule has 27 heavy (non-hydrogen) atoms. The molecule has 0 spiro atoms. The monoisotopic (exact) mass is 399 g/mol. The molecule has 3 rings (SSSR count). The van der Waals surface area contributed by atoms with Gasteiger partial charge < -0.3 is 4.90 Å². The molecule has 0 fully saturated rings. The van der Waals surface area contributed by atoms with Crippen LogP contribution in [0.4, 0.5) is 5.13 Å². The number of carbonyl (C=O) groups is 1. The molecule has 0 N–H and O–H groups in total. The molecule has 0 saturated heterocycles. The Kier molecular flexibility index (Phi) is 6.19. The van der Waals surface area contributed by atoms with Crippen LogP contribution in [0.5, 0.6) is 0 Å². The number of aryl methyl sites for hydroxylation is 2. The molecule has 0 unspecified atom stereocenters. The van der Waals surface area contributed by atoms with E-state index in [-0.39, 0.29) is 5.91 Å². The van der Waals surface area contributed by atoms with Crippen LogP contribution in [0, 0.1) is 13.8 Å². The smallest absolute Gasteiger partial charge is 0.260 e. The Morgan fingerprint density at radius 1 is 1.04 bits per heavy atom. The average molecular weight is 400 g/mol. The van der Waals surface area contributed by atoms with Gasteiger partial charge in [-0.2, -0.15) is 0 Å². The zero-order valence-electron chi connectivity index (χ0n) is 16.4. The van der Waals surface area contributed by atoms with Crippen LogP contribution < -0.4 is 4.90 Å². The number of amides is 1. The van der Waals surface area contributed by atoms with Crippen LogP contribution >= 0.6 is 23.1 Å². The molecule has 0 saturated carbocycles. The van der Waals surface area contributed by atoms with E-state index >= 15 is 0 Å². The van der Waals surface area contributed by atoms with Crippen LogP contribution in [-0.4, -0.2) is 49.2 Å². The van der Waals surface area contributed by atoms with Crippen LogP contribution in [0.3, 0.4) is 0 Å². The van der Waals surface area contributed by atoms with Crippen molar-refractivity contribution in [3.05, 3.63) is 53.1 Å². The number of benzene rings is 2. The summed E-state index contributed by atoms with van der Waals surface area (Å²) in [5.41, 5.74) is 4.03. The van der Waals surface area contributed by atoms with E-state index in [0.29, 0.717) is 12.1 Å². The zero-order valence-corrected chi connectivity index (χ0v) is 18.1.